The Morgan fingerprint density at radius 1 is 1.17 bits per heavy atom. The van der Waals surface area contributed by atoms with Gasteiger partial charge in [-0.25, -0.2) is 18.6 Å². The molecule has 2 aromatic heterocycles. The molecular formula is C28H38ClF2N7O3. The van der Waals surface area contributed by atoms with Crippen molar-refractivity contribution in [3.05, 3.63) is 39.9 Å². The molecule has 10 nitrogen and oxygen atoms in total. The van der Waals surface area contributed by atoms with Crippen LogP contribution in [0.4, 0.5) is 26.2 Å². The van der Waals surface area contributed by atoms with Crippen molar-refractivity contribution < 1.29 is 18.3 Å². The number of carbonyl (C=O) groups excluding carboxylic acids is 1. The van der Waals surface area contributed by atoms with Crippen LogP contribution in [0.25, 0.3) is 11.0 Å². The van der Waals surface area contributed by atoms with Crippen LogP contribution in [0.15, 0.2) is 29.2 Å². The first kappa shape index (κ1) is 30.7. The van der Waals surface area contributed by atoms with Crippen molar-refractivity contribution in [3.63, 3.8) is 0 Å². The quantitative estimate of drug-likeness (QED) is 0.322. The number of rotatable bonds is 11. The van der Waals surface area contributed by atoms with Gasteiger partial charge in [-0.2, -0.15) is 4.98 Å². The number of imidazole rings is 1. The van der Waals surface area contributed by atoms with E-state index in [-0.39, 0.29) is 23.8 Å². The number of alkyl halides is 2. The molecule has 1 aliphatic rings. The first-order valence-corrected chi connectivity index (χ1v) is 14.0. The second-order valence-electron chi connectivity index (χ2n) is 11.7. The summed E-state index contributed by atoms with van der Waals surface area (Å²) in [6.45, 7) is 8.84. The second kappa shape index (κ2) is 11.9. The van der Waals surface area contributed by atoms with Crippen LogP contribution in [0.5, 0.6) is 0 Å². The summed E-state index contributed by atoms with van der Waals surface area (Å²) in [6, 6.07) is 5.55. The lowest BCUT2D eigenvalue weighted by atomic mass is 9.87. The Morgan fingerprint density at radius 2 is 1.83 bits per heavy atom. The highest BCUT2D eigenvalue weighted by Crippen LogP contribution is 2.39. The fourth-order valence-electron chi connectivity index (χ4n) is 5.06. The van der Waals surface area contributed by atoms with E-state index in [1.165, 1.54) is 20.0 Å². The fourth-order valence-corrected chi connectivity index (χ4v) is 5.20. The van der Waals surface area contributed by atoms with Crippen molar-refractivity contribution in [1.29, 1.82) is 0 Å². The first-order chi connectivity index (χ1) is 19.2. The molecule has 3 aromatic rings. The van der Waals surface area contributed by atoms with E-state index in [0.29, 0.717) is 55.5 Å². The Bertz CT molecular complexity index is 1440. The third kappa shape index (κ3) is 6.64. The first-order valence-electron chi connectivity index (χ1n) is 13.6. The highest BCUT2D eigenvalue weighted by atomic mass is 35.5. The van der Waals surface area contributed by atoms with Crippen LogP contribution >= 0.6 is 11.6 Å². The van der Waals surface area contributed by atoms with E-state index in [4.69, 9.17) is 16.3 Å². The summed E-state index contributed by atoms with van der Waals surface area (Å²) in [5.74, 6) is -3.81. The van der Waals surface area contributed by atoms with Gasteiger partial charge in [0.15, 0.2) is 5.82 Å². The number of piperidine rings is 1. The van der Waals surface area contributed by atoms with Gasteiger partial charge < -0.3 is 19.9 Å². The summed E-state index contributed by atoms with van der Waals surface area (Å²) in [7, 11) is 3.89. The molecule has 3 heterocycles. The number of hydrogen-bond acceptors (Lipinski definition) is 8. The van der Waals surface area contributed by atoms with Crippen molar-refractivity contribution in [2.24, 2.45) is 11.8 Å². The van der Waals surface area contributed by atoms with Gasteiger partial charge in [-0.3, -0.25) is 13.9 Å². The van der Waals surface area contributed by atoms with Gasteiger partial charge in [-0.1, -0.05) is 25.4 Å². The molecule has 41 heavy (non-hydrogen) atoms. The zero-order valence-corrected chi connectivity index (χ0v) is 25.1. The number of nitrogens with zero attached hydrogens (tertiary/aromatic N) is 6. The minimum absolute atomic E-state index is 0.126. The van der Waals surface area contributed by atoms with Crippen LogP contribution in [0.2, 0.25) is 5.02 Å². The monoisotopic (exact) mass is 593 g/mol. The number of likely N-dealkylation sites (N-methyl/N-ethyl adjacent to an activating group) is 1. The molecule has 1 fully saturated rings. The summed E-state index contributed by atoms with van der Waals surface area (Å²) >= 11 is 6.43. The molecule has 1 N–H and O–H groups in total. The molecule has 1 saturated heterocycles. The third-order valence-electron chi connectivity index (χ3n) is 7.67. The Kier molecular flexibility index (Phi) is 8.93. The summed E-state index contributed by atoms with van der Waals surface area (Å²) in [4.78, 5) is 37.1. The second-order valence-corrected chi connectivity index (χ2v) is 12.1. The number of hydrogen-bond donors (Lipinski definition) is 1. The van der Waals surface area contributed by atoms with E-state index in [1.807, 2.05) is 37.2 Å². The smallest absolute Gasteiger partial charge is 0.329 e. The molecule has 1 aliphatic heterocycles. The molecular weight excluding hydrogens is 556 g/mol. The van der Waals surface area contributed by atoms with Crippen LogP contribution in [-0.4, -0.2) is 75.7 Å². The van der Waals surface area contributed by atoms with Gasteiger partial charge in [-0.15, -0.1) is 0 Å². The Morgan fingerprint density at radius 3 is 2.46 bits per heavy atom. The van der Waals surface area contributed by atoms with E-state index in [2.05, 4.69) is 15.3 Å². The lowest BCUT2D eigenvalue weighted by Crippen LogP contribution is -2.52. The Hall–Kier alpha value is -3.25. The van der Waals surface area contributed by atoms with Gasteiger partial charge in [0, 0.05) is 56.7 Å². The summed E-state index contributed by atoms with van der Waals surface area (Å²) in [5, 5.41) is 3.49. The number of benzene rings is 1. The van der Waals surface area contributed by atoms with Gasteiger partial charge in [0.1, 0.15) is 10.6 Å². The minimum Gasteiger partial charge on any atom is -0.462 e. The highest BCUT2D eigenvalue weighted by Gasteiger charge is 2.47. The highest BCUT2D eigenvalue weighted by molar-refractivity contribution is 6.32. The average Bonchev–Trinajstić information content (AvgIpc) is 3.15. The Balaban J connectivity index is 1.66. The van der Waals surface area contributed by atoms with E-state index in [0.717, 1.165) is 5.52 Å². The van der Waals surface area contributed by atoms with Crippen LogP contribution in [0, 0.1) is 11.8 Å². The largest absolute Gasteiger partial charge is 0.462 e. The standard InChI is InChI=1S/C28H38ClF2N7O3/c1-18-15-36(16-19(2)28(18,30)31)25-32-14-21(29)24(34-25)33-20-7-8-22-23(13-20)37(10-9-27(3,4)41-17-39)26(40)38(22)12-11-35(5)6/h7-8,13-14,17-19H,9-12,15-16H2,1-6H3,(H,32,33,34)/t18-,19+. The lowest BCUT2D eigenvalue weighted by molar-refractivity contribution is -0.141. The number of aromatic nitrogens is 4. The summed E-state index contributed by atoms with van der Waals surface area (Å²) in [6.07, 6.45) is 1.89. The SMILES string of the molecule is C[C@@H]1CN(c2ncc(Cl)c(Nc3ccc4c(c3)n(CCC(C)(C)OC=O)c(=O)n4CCN(C)C)n2)C[C@H](C)C1(F)F. The molecule has 0 radical (unpaired) electrons. The molecule has 0 saturated carbocycles. The van der Waals surface area contributed by atoms with Crippen LogP contribution < -0.4 is 15.9 Å². The van der Waals surface area contributed by atoms with Crippen molar-refractivity contribution >= 4 is 46.6 Å². The number of aryl methyl sites for hydroxylation is 1. The zero-order chi connectivity index (χ0) is 30.1. The maximum Gasteiger partial charge on any atom is 0.329 e. The van der Waals surface area contributed by atoms with E-state index < -0.39 is 23.4 Å². The molecule has 0 unspecified atom stereocenters. The number of fused-ring (bicyclic) bond motifs is 1. The molecule has 224 valence electrons. The minimum atomic E-state index is -2.76. The predicted octanol–water partition coefficient (Wildman–Crippen LogP) is 4.62. The van der Waals surface area contributed by atoms with Gasteiger partial charge in [0.05, 0.1) is 17.2 Å². The van der Waals surface area contributed by atoms with E-state index in [9.17, 15) is 18.4 Å². The molecule has 1 aromatic carbocycles. The number of ether oxygens (including phenoxy) is 1. The fraction of sp³-hybridized carbons (Fsp3) is 0.571. The van der Waals surface area contributed by atoms with Crippen molar-refractivity contribution in [1.82, 2.24) is 24.0 Å². The van der Waals surface area contributed by atoms with E-state index in [1.54, 1.807) is 27.9 Å². The third-order valence-corrected chi connectivity index (χ3v) is 7.95. The normalized spacial score (nSPS) is 19.1. The Labute approximate surface area is 243 Å². The number of anilines is 3. The number of carbonyl (C=O) groups is 1. The lowest BCUT2D eigenvalue weighted by Gasteiger charge is -2.41. The molecule has 13 heteroatoms. The molecule has 2 atom stereocenters. The molecule has 0 amide bonds. The maximum atomic E-state index is 14.4. The average molecular weight is 594 g/mol. The van der Waals surface area contributed by atoms with Crippen molar-refractivity contribution in [2.75, 3.05) is 43.9 Å². The van der Waals surface area contributed by atoms with Crippen LogP contribution in [0.1, 0.15) is 34.1 Å². The molecule has 0 aliphatic carbocycles. The van der Waals surface area contributed by atoms with Gasteiger partial charge in [0.2, 0.25) is 5.95 Å². The summed E-state index contributed by atoms with van der Waals surface area (Å²) < 4.78 is 37.4. The van der Waals surface area contributed by atoms with E-state index >= 15 is 0 Å². The molecule has 0 spiro atoms. The maximum absolute atomic E-state index is 14.4. The van der Waals surface area contributed by atoms with Crippen molar-refractivity contribution in [3.8, 4) is 0 Å². The van der Waals surface area contributed by atoms with Gasteiger partial charge in [0.25, 0.3) is 12.4 Å². The molecule has 0 bridgehead atoms. The van der Waals surface area contributed by atoms with Crippen molar-refractivity contribution in [2.45, 2.75) is 58.7 Å². The molecule has 4 rings (SSSR count). The topological polar surface area (TPSA) is 97.5 Å². The predicted molar refractivity (Wildman–Crippen MR) is 156 cm³/mol. The summed E-state index contributed by atoms with van der Waals surface area (Å²) in [5.41, 5.74) is 1.20. The van der Waals surface area contributed by atoms with Crippen LogP contribution in [0.3, 0.4) is 0 Å². The number of halogens is 3. The van der Waals surface area contributed by atoms with Gasteiger partial charge >= 0.3 is 5.69 Å². The zero-order valence-electron chi connectivity index (χ0n) is 24.3. The van der Waals surface area contributed by atoms with Crippen LogP contribution in [-0.2, 0) is 22.6 Å². The van der Waals surface area contributed by atoms with Gasteiger partial charge in [-0.05, 0) is 46.1 Å². The number of nitrogens with one attached hydrogen (secondary N) is 1.